The van der Waals surface area contributed by atoms with Gasteiger partial charge in [0.05, 0.1) is 0 Å². The number of ether oxygens (including phenoxy) is 1. The Hall–Kier alpha value is -1.72. The minimum Gasteiger partial charge on any atom is -0.378 e. The summed E-state index contributed by atoms with van der Waals surface area (Å²) in [6, 6.07) is 9.16. The molecule has 0 fully saturated rings. The largest absolute Gasteiger partial charge is 0.378 e. The first-order chi connectivity index (χ1) is 8.22. The number of aliphatic hydroxyl groups is 1. The van der Waals surface area contributed by atoms with Gasteiger partial charge in [0.2, 0.25) is 0 Å². The Bertz CT molecular complexity index is 470. The van der Waals surface area contributed by atoms with Crippen LogP contribution in [0.2, 0.25) is 0 Å². The highest BCUT2D eigenvalue weighted by Crippen LogP contribution is 2.21. The monoisotopic (exact) mass is 234 g/mol. The van der Waals surface area contributed by atoms with E-state index in [-0.39, 0.29) is 12.0 Å². The molecule has 1 heterocycles. The minimum absolute atomic E-state index is 0.176. The van der Waals surface area contributed by atoms with E-state index in [1.54, 1.807) is 19.2 Å². The molecule has 2 aromatic rings. The first-order valence-corrected chi connectivity index (χ1v) is 5.31. The van der Waals surface area contributed by atoms with Crippen LogP contribution in [0.1, 0.15) is 36.4 Å². The Labute approximate surface area is 99.0 Å². The molecular formula is C12H14N2O3. The Morgan fingerprint density at radius 2 is 2.00 bits per heavy atom. The molecule has 90 valence electrons. The van der Waals surface area contributed by atoms with Gasteiger partial charge in [-0.05, 0) is 12.5 Å². The summed E-state index contributed by atoms with van der Waals surface area (Å²) in [5.74, 6) is 0.604. The van der Waals surface area contributed by atoms with Crippen molar-refractivity contribution >= 4 is 0 Å². The summed E-state index contributed by atoms with van der Waals surface area (Å²) in [4.78, 5) is 4.10. The van der Waals surface area contributed by atoms with Crippen LogP contribution in [0, 0.1) is 0 Å². The van der Waals surface area contributed by atoms with Gasteiger partial charge in [-0.2, -0.15) is 4.98 Å². The van der Waals surface area contributed by atoms with Gasteiger partial charge in [-0.3, -0.25) is 0 Å². The quantitative estimate of drug-likeness (QED) is 0.874. The van der Waals surface area contributed by atoms with Gasteiger partial charge in [-0.25, -0.2) is 0 Å². The van der Waals surface area contributed by atoms with Gasteiger partial charge in [0, 0.05) is 7.11 Å². The van der Waals surface area contributed by atoms with E-state index in [0.717, 1.165) is 0 Å². The lowest BCUT2D eigenvalue weighted by Crippen LogP contribution is -2.02. The number of hydrogen-bond acceptors (Lipinski definition) is 5. The number of hydrogen-bond donors (Lipinski definition) is 1. The normalized spacial score (nSPS) is 14.5. The second-order valence-corrected chi connectivity index (χ2v) is 3.68. The summed E-state index contributed by atoms with van der Waals surface area (Å²) in [7, 11) is 1.56. The lowest BCUT2D eigenvalue weighted by Gasteiger charge is -2.05. The third-order valence-corrected chi connectivity index (χ3v) is 2.52. The van der Waals surface area contributed by atoms with Gasteiger partial charge < -0.3 is 14.4 Å². The molecule has 0 spiro atoms. The average Bonchev–Trinajstić information content (AvgIpc) is 2.87. The molecule has 5 heteroatoms. The predicted octanol–water partition coefficient (Wildman–Crippen LogP) is 1.86. The molecule has 0 saturated carbocycles. The van der Waals surface area contributed by atoms with Gasteiger partial charge in [0.25, 0.3) is 5.89 Å². The van der Waals surface area contributed by atoms with Crippen LogP contribution in [0.4, 0.5) is 0 Å². The van der Waals surface area contributed by atoms with E-state index in [1.165, 1.54) is 0 Å². The lowest BCUT2D eigenvalue weighted by molar-refractivity contribution is 0.109. The molecule has 1 aromatic carbocycles. The maximum absolute atomic E-state index is 10.0. The molecule has 2 rings (SSSR count). The van der Waals surface area contributed by atoms with Crippen molar-refractivity contribution in [2.45, 2.75) is 19.1 Å². The zero-order chi connectivity index (χ0) is 12.3. The summed E-state index contributed by atoms with van der Waals surface area (Å²) in [5.41, 5.74) is 0.716. The van der Waals surface area contributed by atoms with Crippen LogP contribution >= 0.6 is 0 Å². The van der Waals surface area contributed by atoms with Crippen LogP contribution in [0.15, 0.2) is 34.9 Å². The highest BCUT2D eigenvalue weighted by Gasteiger charge is 2.20. The molecule has 0 aliphatic heterocycles. The zero-order valence-electron chi connectivity index (χ0n) is 9.70. The Morgan fingerprint density at radius 1 is 1.29 bits per heavy atom. The third-order valence-electron chi connectivity index (χ3n) is 2.52. The van der Waals surface area contributed by atoms with E-state index in [4.69, 9.17) is 9.26 Å². The van der Waals surface area contributed by atoms with Crippen molar-refractivity contribution in [3.63, 3.8) is 0 Å². The summed E-state index contributed by atoms with van der Waals surface area (Å²) in [5, 5.41) is 13.8. The molecule has 0 saturated heterocycles. The fourth-order valence-electron chi connectivity index (χ4n) is 1.41. The van der Waals surface area contributed by atoms with Crippen LogP contribution < -0.4 is 0 Å². The fourth-order valence-corrected chi connectivity index (χ4v) is 1.41. The molecule has 0 bridgehead atoms. The average molecular weight is 234 g/mol. The lowest BCUT2D eigenvalue weighted by atomic mass is 10.1. The highest BCUT2D eigenvalue weighted by molar-refractivity contribution is 5.21. The number of methoxy groups -OCH3 is 1. The highest BCUT2D eigenvalue weighted by atomic mass is 16.5. The molecule has 0 aliphatic rings. The van der Waals surface area contributed by atoms with E-state index >= 15 is 0 Å². The van der Waals surface area contributed by atoms with Gasteiger partial charge in [-0.1, -0.05) is 35.5 Å². The Morgan fingerprint density at radius 3 is 2.65 bits per heavy atom. The predicted molar refractivity (Wildman–Crippen MR) is 60.2 cm³/mol. The molecule has 0 radical (unpaired) electrons. The number of benzene rings is 1. The third kappa shape index (κ3) is 2.51. The van der Waals surface area contributed by atoms with E-state index in [0.29, 0.717) is 11.4 Å². The van der Waals surface area contributed by atoms with E-state index in [2.05, 4.69) is 10.1 Å². The summed E-state index contributed by atoms with van der Waals surface area (Å²) in [6.07, 6.45) is -1.16. The van der Waals surface area contributed by atoms with Crippen molar-refractivity contribution < 1.29 is 14.4 Å². The van der Waals surface area contributed by atoms with E-state index in [9.17, 15) is 5.11 Å². The Balaban J connectivity index is 2.20. The number of aromatic nitrogens is 2. The molecule has 0 amide bonds. The van der Waals surface area contributed by atoms with Crippen molar-refractivity contribution in [2.75, 3.05) is 7.11 Å². The van der Waals surface area contributed by atoms with Crippen molar-refractivity contribution in [3.05, 3.63) is 47.6 Å². The molecule has 0 aliphatic carbocycles. The van der Waals surface area contributed by atoms with Crippen LogP contribution in [-0.2, 0) is 4.74 Å². The van der Waals surface area contributed by atoms with Crippen molar-refractivity contribution in [1.29, 1.82) is 0 Å². The van der Waals surface area contributed by atoms with Gasteiger partial charge in [0.15, 0.2) is 11.9 Å². The van der Waals surface area contributed by atoms with Gasteiger partial charge in [-0.15, -0.1) is 0 Å². The van der Waals surface area contributed by atoms with Crippen LogP contribution in [0.5, 0.6) is 0 Å². The molecule has 2 unspecified atom stereocenters. The summed E-state index contributed by atoms with van der Waals surface area (Å²) >= 11 is 0. The molecule has 17 heavy (non-hydrogen) atoms. The van der Waals surface area contributed by atoms with E-state index < -0.39 is 6.10 Å². The number of nitrogens with zero attached hydrogens (tertiary/aromatic N) is 2. The van der Waals surface area contributed by atoms with E-state index in [1.807, 2.05) is 25.1 Å². The molecule has 1 N–H and O–H groups in total. The molecular weight excluding hydrogens is 220 g/mol. The SMILES string of the molecule is COC(C)c1noc(C(O)c2ccccc2)n1. The molecule has 1 aromatic heterocycles. The smallest absolute Gasteiger partial charge is 0.260 e. The standard InChI is InChI=1S/C12H14N2O3/c1-8(16-2)11-13-12(17-14-11)10(15)9-6-4-3-5-7-9/h3-8,10,15H,1-2H3. The summed E-state index contributed by atoms with van der Waals surface area (Å²) < 4.78 is 10.1. The van der Waals surface area contributed by atoms with Crippen molar-refractivity contribution in [1.82, 2.24) is 10.1 Å². The van der Waals surface area contributed by atoms with Crippen LogP contribution in [-0.4, -0.2) is 22.4 Å². The van der Waals surface area contributed by atoms with Crippen LogP contribution in [0.3, 0.4) is 0 Å². The minimum atomic E-state index is -0.901. The first-order valence-electron chi connectivity index (χ1n) is 5.31. The second kappa shape index (κ2) is 5.07. The maximum Gasteiger partial charge on any atom is 0.260 e. The maximum atomic E-state index is 10.0. The summed E-state index contributed by atoms with van der Waals surface area (Å²) in [6.45, 7) is 1.81. The number of rotatable bonds is 4. The molecule has 2 atom stereocenters. The molecule has 5 nitrogen and oxygen atoms in total. The van der Waals surface area contributed by atoms with Gasteiger partial charge >= 0.3 is 0 Å². The fraction of sp³-hybridized carbons (Fsp3) is 0.333. The zero-order valence-corrected chi connectivity index (χ0v) is 9.70. The first kappa shape index (κ1) is 11.8. The van der Waals surface area contributed by atoms with Crippen LogP contribution in [0.25, 0.3) is 0 Å². The van der Waals surface area contributed by atoms with Gasteiger partial charge in [0.1, 0.15) is 6.10 Å². The Kier molecular flexibility index (Phi) is 3.51. The topological polar surface area (TPSA) is 68.4 Å². The second-order valence-electron chi connectivity index (χ2n) is 3.68. The van der Waals surface area contributed by atoms with Crippen molar-refractivity contribution in [2.24, 2.45) is 0 Å². The number of aliphatic hydroxyl groups excluding tert-OH is 1. The van der Waals surface area contributed by atoms with Crippen molar-refractivity contribution in [3.8, 4) is 0 Å².